The number of methoxy groups -OCH3 is 2. The molecule has 1 unspecified atom stereocenters. The van der Waals surface area contributed by atoms with E-state index in [0.29, 0.717) is 22.6 Å². The second kappa shape index (κ2) is 10.1. The van der Waals surface area contributed by atoms with Crippen LogP contribution < -0.4 is 19.9 Å². The highest BCUT2D eigenvalue weighted by Crippen LogP contribution is 2.40. The Labute approximate surface area is 224 Å². The molecule has 0 saturated carbocycles. The molecule has 0 spiro atoms. The molecule has 0 fully saturated rings. The number of allylic oxidation sites excluding steroid dienone is 2. The highest BCUT2D eigenvalue weighted by Gasteiger charge is 2.25. The molecular formula is C31H26N4O4. The molecule has 2 aromatic heterocycles. The average Bonchev–Trinajstić information content (AvgIpc) is 3.00. The molecule has 0 radical (unpaired) electrons. The lowest BCUT2D eigenvalue weighted by Crippen LogP contribution is -2.37. The van der Waals surface area contributed by atoms with Crippen LogP contribution in [0.4, 0.5) is 5.69 Å². The summed E-state index contributed by atoms with van der Waals surface area (Å²) in [6, 6.07) is 18.9. The molecular weight excluding hydrogens is 492 g/mol. The number of aliphatic hydroxyl groups excluding tert-OH is 1. The number of hydrogen-bond donors (Lipinski definition) is 1. The van der Waals surface area contributed by atoms with Gasteiger partial charge in [-0.1, -0.05) is 24.3 Å². The Kier molecular flexibility index (Phi) is 6.30. The first-order valence-corrected chi connectivity index (χ1v) is 12.5. The van der Waals surface area contributed by atoms with Gasteiger partial charge in [0.25, 0.3) is 5.56 Å². The van der Waals surface area contributed by atoms with E-state index in [2.05, 4.69) is 4.98 Å². The van der Waals surface area contributed by atoms with Crippen LogP contribution in [0, 0.1) is 0 Å². The van der Waals surface area contributed by atoms with Crippen molar-refractivity contribution in [3.63, 3.8) is 0 Å². The maximum absolute atomic E-state index is 13.9. The molecule has 0 bridgehead atoms. The van der Waals surface area contributed by atoms with Crippen LogP contribution in [0.5, 0.6) is 11.5 Å². The summed E-state index contributed by atoms with van der Waals surface area (Å²) >= 11 is 0. The molecule has 3 aromatic carbocycles. The number of ether oxygens (including phenoxy) is 2. The van der Waals surface area contributed by atoms with Crippen molar-refractivity contribution in [2.24, 2.45) is 0 Å². The van der Waals surface area contributed by atoms with Gasteiger partial charge in [-0.05, 0) is 65.6 Å². The summed E-state index contributed by atoms with van der Waals surface area (Å²) in [7, 11) is 3.18. The van der Waals surface area contributed by atoms with E-state index in [1.807, 2.05) is 90.0 Å². The predicted octanol–water partition coefficient (Wildman–Crippen LogP) is 5.21. The van der Waals surface area contributed by atoms with E-state index in [1.165, 1.54) is 4.68 Å². The summed E-state index contributed by atoms with van der Waals surface area (Å²) in [5, 5.41) is 18.0. The summed E-state index contributed by atoms with van der Waals surface area (Å²) in [6.07, 6.45) is 10.5. The first-order chi connectivity index (χ1) is 19.1. The number of rotatable bonds is 6. The summed E-state index contributed by atoms with van der Waals surface area (Å²) in [5.74, 6) is 1.17. The van der Waals surface area contributed by atoms with Crippen molar-refractivity contribution in [2.45, 2.75) is 12.8 Å². The van der Waals surface area contributed by atoms with Crippen molar-refractivity contribution in [3.8, 4) is 22.8 Å². The molecule has 5 aromatic rings. The van der Waals surface area contributed by atoms with Gasteiger partial charge in [0.1, 0.15) is 11.9 Å². The van der Waals surface area contributed by atoms with Crippen molar-refractivity contribution in [3.05, 3.63) is 113 Å². The van der Waals surface area contributed by atoms with Gasteiger partial charge >= 0.3 is 0 Å². The van der Waals surface area contributed by atoms with Gasteiger partial charge in [-0.25, -0.2) is 4.68 Å². The van der Waals surface area contributed by atoms with E-state index in [9.17, 15) is 9.90 Å². The number of anilines is 1. The second-order valence-corrected chi connectivity index (χ2v) is 9.13. The Morgan fingerprint density at radius 3 is 2.46 bits per heavy atom. The van der Waals surface area contributed by atoms with Crippen LogP contribution in [-0.4, -0.2) is 34.1 Å². The first-order valence-electron chi connectivity index (χ1n) is 12.5. The molecule has 8 nitrogen and oxygen atoms in total. The Morgan fingerprint density at radius 2 is 1.72 bits per heavy atom. The third kappa shape index (κ3) is 4.20. The van der Waals surface area contributed by atoms with E-state index < -0.39 is 6.17 Å². The lowest BCUT2D eigenvalue weighted by molar-refractivity contribution is 0.282. The SMILES string of the molecule is COc1cc2cc(CO)cc(N3C=CC=CC3n3nc(-c4cccnc4)c4ccccc4c3=O)c2cc1OC. The largest absolute Gasteiger partial charge is 0.493 e. The quantitative estimate of drug-likeness (QED) is 0.330. The van der Waals surface area contributed by atoms with Crippen LogP contribution in [0.2, 0.25) is 0 Å². The topological polar surface area (TPSA) is 89.7 Å². The minimum Gasteiger partial charge on any atom is -0.493 e. The van der Waals surface area contributed by atoms with Crippen LogP contribution in [0.15, 0.2) is 102 Å². The van der Waals surface area contributed by atoms with E-state index in [4.69, 9.17) is 14.6 Å². The molecule has 3 heterocycles. The molecule has 0 amide bonds. The highest BCUT2D eigenvalue weighted by molar-refractivity contribution is 5.98. The summed E-state index contributed by atoms with van der Waals surface area (Å²) in [4.78, 5) is 20.1. The van der Waals surface area contributed by atoms with E-state index in [-0.39, 0.29) is 12.2 Å². The summed E-state index contributed by atoms with van der Waals surface area (Å²) in [5.41, 5.74) is 2.78. The smallest absolute Gasteiger partial charge is 0.276 e. The molecule has 1 aliphatic rings. The summed E-state index contributed by atoms with van der Waals surface area (Å²) < 4.78 is 12.6. The Balaban J connectivity index is 1.60. The molecule has 0 aliphatic carbocycles. The zero-order valence-electron chi connectivity index (χ0n) is 21.5. The predicted molar refractivity (Wildman–Crippen MR) is 152 cm³/mol. The van der Waals surface area contributed by atoms with Crippen molar-refractivity contribution < 1.29 is 14.6 Å². The Hall–Kier alpha value is -4.95. The van der Waals surface area contributed by atoms with Gasteiger partial charge in [0, 0.05) is 34.9 Å². The van der Waals surface area contributed by atoms with E-state index in [0.717, 1.165) is 33.0 Å². The van der Waals surface area contributed by atoms with Gasteiger partial charge in [-0.2, -0.15) is 5.10 Å². The third-order valence-corrected chi connectivity index (χ3v) is 6.90. The van der Waals surface area contributed by atoms with Gasteiger partial charge in [0.15, 0.2) is 11.5 Å². The number of benzene rings is 3. The highest BCUT2D eigenvalue weighted by atomic mass is 16.5. The van der Waals surface area contributed by atoms with Crippen LogP contribution in [0.25, 0.3) is 32.8 Å². The number of hydrogen-bond acceptors (Lipinski definition) is 7. The average molecular weight is 519 g/mol. The number of nitrogens with zero attached hydrogens (tertiary/aromatic N) is 4. The van der Waals surface area contributed by atoms with Gasteiger partial charge in [-0.15, -0.1) is 0 Å². The fourth-order valence-corrected chi connectivity index (χ4v) is 5.05. The molecule has 6 rings (SSSR count). The zero-order valence-corrected chi connectivity index (χ0v) is 21.5. The van der Waals surface area contributed by atoms with Crippen LogP contribution in [0.3, 0.4) is 0 Å². The van der Waals surface area contributed by atoms with E-state index in [1.54, 1.807) is 26.6 Å². The van der Waals surface area contributed by atoms with E-state index >= 15 is 0 Å². The Bertz CT molecular complexity index is 1810. The lowest BCUT2D eigenvalue weighted by Gasteiger charge is -2.32. The minimum absolute atomic E-state index is 0.144. The fourth-order valence-electron chi connectivity index (χ4n) is 5.05. The van der Waals surface area contributed by atoms with Crippen LogP contribution in [-0.2, 0) is 6.61 Å². The minimum atomic E-state index is -0.576. The van der Waals surface area contributed by atoms with Gasteiger partial charge < -0.3 is 19.5 Å². The van der Waals surface area contributed by atoms with Crippen molar-refractivity contribution >= 4 is 27.2 Å². The lowest BCUT2D eigenvalue weighted by atomic mass is 10.0. The second-order valence-electron chi connectivity index (χ2n) is 9.13. The Morgan fingerprint density at radius 1 is 0.923 bits per heavy atom. The standard InChI is InChI=1S/C31H26N4O4/c1-38-27-16-22-14-20(19-36)15-26(25(22)17-28(27)39-2)34-13-6-5-11-29(34)35-31(37)24-10-4-3-9-23(24)30(33-35)21-8-7-12-32-18-21/h3-18,29,36H,19H2,1-2H3. The molecule has 39 heavy (non-hydrogen) atoms. The first kappa shape index (κ1) is 24.4. The molecule has 1 atom stereocenters. The molecule has 1 N–H and O–H groups in total. The van der Waals surface area contributed by atoms with Crippen LogP contribution >= 0.6 is 0 Å². The van der Waals surface area contributed by atoms with Gasteiger partial charge in [0.2, 0.25) is 0 Å². The maximum atomic E-state index is 13.9. The molecule has 0 saturated heterocycles. The number of aliphatic hydroxyl groups is 1. The van der Waals surface area contributed by atoms with Crippen molar-refractivity contribution in [2.75, 3.05) is 19.1 Å². The number of fused-ring (bicyclic) bond motifs is 2. The van der Waals surface area contributed by atoms with Gasteiger partial charge in [0.05, 0.1) is 31.9 Å². The normalized spacial score (nSPS) is 14.7. The van der Waals surface area contributed by atoms with Crippen LogP contribution in [0.1, 0.15) is 11.7 Å². The van der Waals surface area contributed by atoms with Crippen molar-refractivity contribution in [1.29, 1.82) is 0 Å². The molecule has 1 aliphatic heterocycles. The monoisotopic (exact) mass is 518 g/mol. The zero-order chi connectivity index (χ0) is 26.9. The number of pyridine rings is 1. The molecule has 8 heteroatoms. The molecule has 194 valence electrons. The maximum Gasteiger partial charge on any atom is 0.276 e. The summed E-state index contributed by atoms with van der Waals surface area (Å²) in [6.45, 7) is -0.144. The fraction of sp³-hybridized carbons (Fsp3) is 0.129. The third-order valence-electron chi connectivity index (χ3n) is 6.90. The number of aromatic nitrogens is 3. The van der Waals surface area contributed by atoms with Crippen molar-refractivity contribution in [1.82, 2.24) is 14.8 Å². The van der Waals surface area contributed by atoms with Gasteiger partial charge in [-0.3, -0.25) is 9.78 Å².